The monoisotopic (exact) mass is 297 g/mol. The number of rotatable bonds is 4. The van der Waals surface area contributed by atoms with Crippen LogP contribution in [0.3, 0.4) is 0 Å². The molecule has 0 unspecified atom stereocenters. The van der Waals surface area contributed by atoms with E-state index in [1.807, 2.05) is 13.8 Å². The lowest BCUT2D eigenvalue weighted by atomic mass is 9.95. The van der Waals surface area contributed by atoms with Crippen LogP contribution in [0.1, 0.15) is 31.9 Å². The van der Waals surface area contributed by atoms with Crippen molar-refractivity contribution in [3.8, 4) is 0 Å². The van der Waals surface area contributed by atoms with Crippen LogP contribution >= 0.6 is 35.6 Å². The molecule has 5 heteroatoms. The van der Waals surface area contributed by atoms with Crippen molar-refractivity contribution in [2.24, 2.45) is 11.7 Å². The number of halogens is 3. The van der Waals surface area contributed by atoms with E-state index >= 15 is 0 Å². The summed E-state index contributed by atoms with van der Waals surface area (Å²) in [5, 5.41) is 11.0. The minimum Gasteiger partial charge on any atom is -0.391 e. The van der Waals surface area contributed by atoms with Crippen molar-refractivity contribution in [3.63, 3.8) is 0 Å². The Labute approximate surface area is 119 Å². The molecule has 1 aromatic rings. The van der Waals surface area contributed by atoms with Gasteiger partial charge in [0, 0.05) is 15.6 Å². The third kappa shape index (κ3) is 4.65. The zero-order chi connectivity index (χ0) is 12.3. The van der Waals surface area contributed by atoms with E-state index in [9.17, 15) is 5.11 Å². The Hall–Kier alpha value is 0.01000. The summed E-state index contributed by atoms with van der Waals surface area (Å²) in [5.74, 6) is 0.377. The first kappa shape index (κ1) is 17.0. The molecule has 0 aliphatic rings. The SMILES string of the molecule is CC(C)C[C@@H](O)[C@@H](N)c1c(Cl)cccc1Cl.Cl. The van der Waals surface area contributed by atoms with E-state index in [0.717, 1.165) is 0 Å². The van der Waals surface area contributed by atoms with Crippen molar-refractivity contribution in [2.75, 3.05) is 0 Å². The molecule has 0 spiro atoms. The topological polar surface area (TPSA) is 46.2 Å². The van der Waals surface area contributed by atoms with Gasteiger partial charge in [-0.1, -0.05) is 43.1 Å². The lowest BCUT2D eigenvalue weighted by molar-refractivity contribution is 0.121. The van der Waals surface area contributed by atoms with Crippen LogP contribution in [0.2, 0.25) is 10.0 Å². The predicted octanol–water partition coefficient (Wildman–Crippen LogP) is 3.82. The van der Waals surface area contributed by atoms with Crippen molar-refractivity contribution in [1.29, 1.82) is 0 Å². The number of nitrogens with two attached hydrogens (primary N) is 1. The van der Waals surface area contributed by atoms with Crippen LogP contribution in [-0.2, 0) is 0 Å². The molecule has 0 bridgehead atoms. The van der Waals surface area contributed by atoms with Gasteiger partial charge in [-0.25, -0.2) is 0 Å². The fourth-order valence-electron chi connectivity index (χ4n) is 1.65. The summed E-state index contributed by atoms with van der Waals surface area (Å²) in [6.07, 6.45) is 0.000290. The Bertz CT molecular complexity index is 337. The van der Waals surface area contributed by atoms with Gasteiger partial charge in [-0.3, -0.25) is 0 Å². The third-order valence-electron chi connectivity index (χ3n) is 2.46. The maximum atomic E-state index is 9.95. The summed E-state index contributed by atoms with van der Waals surface area (Å²) >= 11 is 12.1. The van der Waals surface area contributed by atoms with Crippen molar-refractivity contribution >= 4 is 35.6 Å². The highest BCUT2D eigenvalue weighted by atomic mass is 35.5. The maximum Gasteiger partial charge on any atom is 0.0736 e. The molecule has 2 atom stereocenters. The van der Waals surface area contributed by atoms with Gasteiger partial charge in [-0.15, -0.1) is 12.4 Å². The van der Waals surface area contributed by atoms with E-state index in [0.29, 0.717) is 27.9 Å². The molecule has 3 N–H and O–H groups in total. The van der Waals surface area contributed by atoms with Gasteiger partial charge in [-0.2, -0.15) is 0 Å². The van der Waals surface area contributed by atoms with Crippen molar-refractivity contribution < 1.29 is 5.11 Å². The molecule has 0 saturated heterocycles. The summed E-state index contributed by atoms with van der Waals surface area (Å²) in [4.78, 5) is 0. The van der Waals surface area contributed by atoms with Gasteiger partial charge in [0.15, 0.2) is 0 Å². The average Bonchev–Trinajstić information content (AvgIpc) is 2.16. The summed E-state index contributed by atoms with van der Waals surface area (Å²) in [6, 6.07) is 4.68. The average molecular weight is 299 g/mol. The van der Waals surface area contributed by atoms with Crippen LogP contribution in [0, 0.1) is 5.92 Å². The van der Waals surface area contributed by atoms with Crippen molar-refractivity contribution in [2.45, 2.75) is 32.4 Å². The zero-order valence-corrected chi connectivity index (χ0v) is 12.2. The molecule has 2 nitrogen and oxygen atoms in total. The second-order valence-electron chi connectivity index (χ2n) is 4.36. The summed E-state index contributed by atoms with van der Waals surface area (Å²) in [6.45, 7) is 4.06. The fourth-order valence-corrected chi connectivity index (χ4v) is 2.30. The Morgan fingerprint density at radius 3 is 2.12 bits per heavy atom. The first-order valence-corrected chi connectivity index (χ1v) is 6.06. The standard InChI is InChI=1S/C12H17Cl2NO.ClH/c1-7(2)6-10(16)12(15)11-8(13)4-3-5-9(11)14;/h3-5,7,10,12,16H,6,15H2,1-2H3;1H/t10-,12-;/m1./s1. The minimum absolute atomic E-state index is 0. The Balaban J connectivity index is 0.00000256. The van der Waals surface area contributed by atoms with Crippen molar-refractivity contribution in [3.05, 3.63) is 33.8 Å². The normalized spacial score (nSPS) is 14.3. The molecule has 0 amide bonds. The number of hydrogen-bond donors (Lipinski definition) is 2. The highest BCUT2D eigenvalue weighted by Crippen LogP contribution is 2.31. The van der Waals surface area contributed by atoms with E-state index in [2.05, 4.69) is 0 Å². The molecular weight excluding hydrogens is 280 g/mol. The molecule has 0 aliphatic carbocycles. The molecule has 1 rings (SSSR count). The molecule has 17 heavy (non-hydrogen) atoms. The van der Waals surface area contributed by atoms with E-state index < -0.39 is 12.1 Å². The predicted molar refractivity (Wildman–Crippen MR) is 76.1 cm³/mol. The molecule has 0 fully saturated rings. The van der Waals surface area contributed by atoms with Gasteiger partial charge in [0.25, 0.3) is 0 Å². The molecule has 0 heterocycles. The summed E-state index contributed by atoms with van der Waals surface area (Å²) in [5.41, 5.74) is 6.59. The highest BCUT2D eigenvalue weighted by molar-refractivity contribution is 6.36. The summed E-state index contributed by atoms with van der Waals surface area (Å²) < 4.78 is 0. The summed E-state index contributed by atoms with van der Waals surface area (Å²) in [7, 11) is 0. The molecule has 0 aliphatic heterocycles. The van der Waals surface area contributed by atoms with Crippen LogP contribution in [0.15, 0.2) is 18.2 Å². The van der Waals surface area contributed by atoms with Gasteiger partial charge < -0.3 is 10.8 Å². The Morgan fingerprint density at radius 1 is 1.24 bits per heavy atom. The minimum atomic E-state index is -0.627. The van der Waals surface area contributed by atoms with Crippen molar-refractivity contribution in [1.82, 2.24) is 0 Å². The quantitative estimate of drug-likeness (QED) is 0.887. The molecule has 0 saturated carbocycles. The zero-order valence-electron chi connectivity index (χ0n) is 9.86. The first-order valence-electron chi connectivity index (χ1n) is 5.31. The van der Waals surface area contributed by atoms with Gasteiger partial charge in [0.1, 0.15) is 0 Å². The van der Waals surface area contributed by atoms with E-state index in [-0.39, 0.29) is 12.4 Å². The highest BCUT2D eigenvalue weighted by Gasteiger charge is 2.22. The van der Waals surface area contributed by atoms with E-state index in [4.69, 9.17) is 28.9 Å². The van der Waals surface area contributed by atoms with Crippen LogP contribution in [0.4, 0.5) is 0 Å². The molecule has 98 valence electrons. The first-order chi connectivity index (χ1) is 7.43. The third-order valence-corrected chi connectivity index (χ3v) is 3.12. The van der Waals surface area contributed by atoms with E-state index in [1.165, 1.54) is 0 Å². The smallest absolute Gasteiger partial charge is 0.0736 e. The maximum absolute atomic E-state index is 9.95. The van der Waals surface area contributed by atoms with Crippen LogP contribution in [-0.4, -0.2) is 11.2 Å². The fraction of sp³-hybridized carbons (Fsp3) is 0.500. The Kier molecular flexibility index (Phi) is 7.45. The van der Waals surface area contributed by atoms with Gasteiger partial charge in [0.05, 0.1) is 12.1 Å². The molecule has 0 aromatic heterocycles. The lowest BCUT2D eigenvalue weighted by Gasteiger charge is -2.22. The number of benzene rings is 1. The van der Waals surface area contributed by atoms with Gasteiger partial charge in [0.2, 0.25) is 0 Å². The molecule has 0 radical (unpaired) electrons. The number of aliphatic hydroxyl groups is 1. The van der Waals surface area contributed by atoms with Crippen LogP contribution < -0.4 is 5.73 Å². The number of hydrogen-bond acceptors (Lipinski definition) is 2. The number of aliphatic hydroxyl groups excluding tert-OH is 1. The van der Waals surface area contributed by atoms with Crippen LogP contribution in [0.25, 0.3) is 0 Å². The van der Waals surface area contributed by atoms with Crippen LogP contribution in [0.5, 0.6) is 0 Å². The molecule has 1 aromatic carbocycles. The second-order valence-corrected chi connectivity index (χ2v) is 5.17. The van der Waals surface area contributed by atoms with Gasteiger partial charge >= 0.3 is 0 Å². The Morgan fingerprint density at radius 2 is 1.71 bits per heavy atom. The van der Waals surface area contributed by atoms with E-state index in [1.54, 1.807) is 18.2 Å². The molecular formula is C12H18Cl3NO. The lowest BCUT2D eigenvalue weighted by Crippen LogP contribution is -2.28. The van der Waals surface area contributed by atoms with Gasteiger partial charge in [-0.05, 0) is 24.5 Å². The largest absolute Gasteiger partial charge is 0.391 e. The second kappa shape index (κ2) is 7.45.